The lowest BCUT2D eigenvalue weighted by molar-refractivity contribution is -0.133. The second-order valence-electron chi connectivity index (χ2n) is 14.0. The van der Waals surface area contributed by atoms with Crippen molar-refractivity contribution in [2.45, 2.75) is 104 Å². The van der Waals surface area contributed by atoms with Gasteiger partial charge in [0.15, 0.2) is 0 Å². The van der Waals surface area contributed by atoms with Gasteiger partial charge < -0.3 is 41.9 Å². The van der Waals surface area contributed by atoms with Gasteiger partial charge in [-0.2, -0.15) is 11.8 Å². The average molecular weight is 758 g/mol. The van der Waals surface area contributed by atoms with Crippen molar-refractivity contribution in [3.05, 3.63) is 65.2 Å². The molecule has 8 N–H and O–H groups in total. The molecule has 5 amide bonds. The number of aromatic hydroxyl groups is 1. The number of aliphatic hydroxyl groups excluding tert-OH is 1. The summed E-state index contributed by atoms with van der Waals surface area (Å²) in [5, 5.41) is 44.0. The second kappa shape index (κ2) is 22.4. The lowest BCUT2D eigenvalue weighted by atomic mass is 9.96. The molecule has 0 heterocycles. The van der Waals surface area contributed by atoms with E-state index in [0.29, 0.717) is 29.7 Å². The van der Waals surface area contributed by atoms with E-state index in [1.54, 1.807) is 24.3 Å². The lowest BCUT2D eigenvalue weighted by Crippen LogP contribution is -2.57. The predicted molar refractivity (Wildman–Crippen MR) is 203 cm³/mol. The summed E-state index contributed by atoms with van der Waals surface area (Å²) in [6, 6.07) is 8.40. The van der Waals surface area contributed by atoms with Gasteiger partial charge in [-0.15, -0.1) is 0 Å². The summed E-state index contributed by atoms with van der Waals surface area (Å²) in [5.41, 5.74) is 1.23. The number of carbonyl (C=O) groups excluding carboxylic acids is 5. The first-order valence-electron chi connectivity index (χ1n) is 17.7. The number of rotatable bonds is 22. The SMILES string of the molecule is CSCC[C@H](NC(=O)[C@H](CC(C)C)NC(C)=O)C(=O)N[C@@H](CC(C)C)[C@@H](O)CC(=O)N[C@@H](Cc1ccc(O)cc1)C(=O)NCc1cccc(C(=O)O)c1. The van der Waals surface area contributed by atoms with Crippen LogP contribution in [0.4, 0.5) is 0 Å². The first-order chi connectivity index (χ1) is 25.0. The number of hydrogen-bond acceptors (Lipinski definition) is 9. The zero-order chi connectivity index (χ0) is 39.7. The minimum atomic E-state index is -1.36. The van der Waals surface area contributed by atoms with Gasteiger partial charge in [0, 0.05) is 19.9 Å². The number of aromatic carboxylic acids is 1. The number of aliphatic hydroxyl groups is 1. The van der Waals surface area contributed by atoms with Gasteiger partial charge in [-0.1, -0.05) is 52.0 Å². The fourth-order valence-corrected chi connectivity index (χ4v) is 6.09. The summed E-state index contributed by atoms with van der Waals surface area (Å²) in [4.78, 5) is 76.8. The van der Waals surface area contributed by atoms with E-state index in [9.17, 15) is 44.1 Å². The number of nitrogens with one attached hydrogen (secondary N) is 5. The Hall–Kier alpha value is -4.63. The highest BCUT2D eigenvalue weighted by Gasteiger charge is 2.31. The van der Waals surface area contributed by atoms with E-state index in [1.807, 2.05) is 34.0 Å². The Labute approximate surface area is 315 Å². The first kappa shape index (κ1) is 44.5. The lowest BCUT2D eigenvalue weighted by Gasteiger charge is -2.29. The monoisotopic (exact) mass is 757 g/mol. The molecule has 0 bridgehead atoms. The van der Waals surface area contributed by atoms with Crippen LogP contribution in [0.1, 0.15) is 81.8 Å². The number of hydrogen-bond donors (Lipinski definition) is 8. The van der Waals surface area contributed by atoms with Gasteiger partial charge in [-0.3, -0.25) is 24.0 Å². The van der Waals surface area contributed by atoms with Gasteiger partial charge in [0.1, 0.15) is 23.9 Å². The van der Waals surface area contributed by atoms with Crippen LogP contribution in [0.3, 0.4) is 0 Å². The van der Waals surface area contributed by atoms with Gasteiger partial charge in [0.25, 0.3) is 0 Å². The van der Waals surface area contributed by atoms with Crippen molar-refractivity contribution >= 4 is 47.3 Å². The summed E-state index contributed by atoms with van der Waals surface area (Å²) in [7, 11) is 0. The Bertz CT molecular complexity index is 1540. The van der Waals surface area contributed by atoms with Crippen molar-refractivity contribution < 1.29 is 44.1 Å². The number of thioether (sulfide) groups is 1. The van der Waals surface area contributed by atoms with Crippen LogP contribution in [-0.2, 0) is 36.9 Å². The van der Waals surface area contributed by atoms with Crippen molar-refractivity contribution in [1.82, 2.24) is 26.6 Å². The highest BCUT2D eigenvalue weighted by molar-refractivity contribution is 7.98. The topological polar surface area (TPSA) is 223 Å². The summed E-state index contributed by atoms with van der Waals surface area (Å²) >= 11 is 1.49. The Morgan fingerprint density at radius 3 is 1.98 bits per heavy atom. The van der Waals surface area contributed by atoms with Crippen molar-refractivity contribution in [1.29, 1.82) is 0 Å². The van der Waals surface area contributed by atoms with Gasteiger partial charge >= 0.3 is 5.97 Å². The van der Waals surface area contributed by atoms with Crippen molar-refractivity contribution in [2.75, 3.05) is 12.0 Å². The average Bonchev–Trinajstić information content (AvgIpc) is 3.08. The van der Waals surface area contributed by atoms with Crippen molar-refractivity contribution in [2.24, 2.45) is 11.8 Å². The molecule has 14 nitrogen and oxygen atoms in total. The summed E-state index contributed by atoms with van der Waals surface area (Å²) < 4.78 is 0. The van der Waals surface area contributed by atoms with E-state index < -0.39 is 66.3 Å². The molecule has 2 rings (SSSR count). The molecule has 15 heteroatoms. The van der Waals surface area contributed by atoms with Crippen LogP contribution in [0.2, 0.25) is 0 Å². The minimum absolute atomic E-state index is 0.0000841. The molecule has 0 aromatic heterocycles. The molecule has 0 radical (unpaired) electrons. The minimum Gasteiger partial charge on any atom is -0.508 e. The maximum Gasteiger partial charge on any atom is 0.335 e. The smallest absolute Gasteiger partial charge is 0.335 e. The van der Waals surface area contributed by atoms with Crippen LogP contribution in [0.25, 0.3) is 0 Å². The summed E-state index contributed by atoms with van der Waals surface area (Å²) in [5.74, 6) is -3.08. The zero-order valence-electron chi connectivity index (χ0n) is 31.3. The number of benzene rings is 2. The largest absolute Gasteiger partial charge is 0.508 e. The second-order valence-corrected chi connectivity index (χ2v) is 14.9. The molecule has 53 heavy (non-hydrogen) atoms. The molecule has 5 atom stereocenters. The van der Waals surface area contributed by atoms with Gasteiger partial charge in [-0.05, 0) is 78.5 Å². The van der Waals surface area contributed by atoms with Gasteiger partial charge in [0.2, 0.25) is 29.5 Å². The number of carboxylic acids is 1. The molecule has 0 saturated heterocycles. The maximum atomic E-state index is 13.6. The number of carboxylic acid groups (broad SMARTS) is 1. The highest BCUT2D eigenvalue weighted by atomic mass is 32.2. The standard InChI is InChI=1S/C38H55N5O9S/c1-22(2)16-30(43-36(49)29(14-15-53-6)42-37(50)31(17-23(3)4)40-24(5)44)33(46)20-34(47)41-32(19-25-10-12-28(45)13-11-25)35(48)39-21-26-8-7-9-27(18-26)38(51)52/h7-13,18,22-23,29-33,45-46H,14-17,19-21H2,1-6H3,(H,39,48)(H,40,44)(H,41,47)(H,42,50)(H,43,49)(H,51,52)/t29-,30-,31-,32-,33-/m0/s1. The van der Waals surface area contributed by atoms with E-state index in [2.05, 4.69) is 26.6 Å². The van der Waals surface area contributed by atoms with E-state index in [-0.39, 0.29) is 48.4 Å². The van der Waals surface area contributed by atoms with Crippen LogP contribution in [0.15, 0.2) is 48.5 Å². The van der Waals surface area contributed by atoms with Crippen LogP contribution in [0.5, 0.6) is 5.75 Å². The van der Waals surface area contributed by atoms with Crippen LogP contribution < -0.4 is 26.6 Å². The van der Waals surface area contributed by atoms with Crippen LogP contribution in [0, 0.1) is 11.8 Å². The number of phenols is 1. The quantitative estimate of drug-likeness (QED) is 0.0877. The molecular formula is C38H55N5O9S. The number of phenolic OH excluding ortho intramolecular Hbond substituents is 1. The molecule has 0 aliphatic carbocycles. The van der Waals surface area contributed by atoms with Gasteiger partial charge in [-0.25, -0.2) is 4.79 Å². The third-order valence-electron chi connectivity index (χ3n) is 8.23. The molecule has 0 saturated carbocycles. The molecule has 0 unspecified atom stereocenters. The fourth-order valence-electron chi connectivity index (χ4n) is 5.62. The molecule has 0 aliphatic rings. The molecular weight excluding hydrogens is 703 g/mol. The Balaban J connectivity index is 2.21. The van der Waals surface area contributed by atoms with E-state index in [1.165, 1.54) is 43.0 Å². The third-order valence-corrected chi connectivity index (χ3v) is 8.87. The summed E-state index contributed by atoms with van der Waals surface area (Å²) in [6.07, 6.45) is 1.05. The van der Waals surface area contributed by atoms with Crippen molar-refractivity contribution in [3.8, 4) is 5.75 Å². The van der Waals surface area contributed by atoms with E-state index >= 15 is 0 Å². The van der Waals surface area contributed by atoms with E-state index in [4.69, 9.17) is 0 Å². The zero-order valence-corrected chi connectivity index (χ0v) is 32.1. The Kier molecular flexibility index (Phi) is 18.9. The molecule has 0 spiro atoms. The molecule has 2 aromatic rings. The van der Waals surface area contributed by atoms with Gasteiger partial charge in [0.05, 0.1) is 24.1 Å². The molecule has 0 fully saturated rings. The first-order valence-corrected chi connectivity index (χ1v) is 19.1. The highest BCUT2D eigenvalue weighted by Crippen LogP contribution is 2.15. The normalized spacial score (nSPS) is 14.0. The fraction of sp³-hybridized carbons (Fsp3) is 0.526. The third kappa shape index (κ3) is 16.7. The van der Waals surface area contributed by atoms with E-state index in [0.717, 1.165) is 0 Å². The Morgan fingerprint density at radius 1 is 0.755 bits per heavy atom. The molecule has 0 aliphatic heterocycles. The Morgan fingerprint density at radius 2 is 1.40 bits per heavy atom. The number of amides is 5. The van der Waals surface area contributed by atoms with Crippen molar-refractivity contribution in [3.63, 3.8) is 0 Å². The molecule has 2 aromatic carbocycles. The number of carbonyl (C=O) groups is 6. The molecule has 292 valence electrons. The van der Waals surface area contributed by atoms with Crippen LogP contribution >= 0.6 is 11.8 Å². The summed E-state index contributed by atoms with van der Waals surface area (Å²) in [6.45, 7) is 8.93. The van der Waals surface area contributed by atoms with Crippen LogP contribution in [-0.4, -0.2) is 93.1 Å². The maximum absolute atomic E-state index is 13.6. The predicted octanol–water partition coefficient (Wildman–Crippen LogP) is 2.50.